The number of amides is 3. The van der Waals surface area contributed by atoms with Crippen LogP contribution in [0, 0.1) is 5.92 Å². The second kappa shape index (κ2) is 11.0. The zero-order valence-electron chi connectivity index (χ0n) is 24.6. The minimum Gasteiger partial charge on any atom is -0.493 e. The molecule has 5 rings (SSSR count). The van der Waals surface area contributed by atoms with Crippen LogP contribution >= 0.6 is 0 Å². The van der Waals surface area contributed by atoms with Crippen LogP contribution in [0.3, 0.4) is 0 Å². The maximum Gasteiger partial charge on any atom is 0.328 e. The summed E-state index contributed by atoms with van der Waals surface area (Å²) in [4.78, 5) is 45.4. The van der Waals surface area contributed by atoms with Gasteiger partial charge in [0.25, 0.3) is 5.91 Å². The van der Waals surface area contributed by atoms with Crippen LogP contribution in [0.2, 0.25) is 0 Å². The molecule has 0 aromatic heterocycles. The van der Waals surface area contributed by atoms with Gasteiger partial charge in [-0.3, -0.25) is 14.5 Å². The lowest BCUT2D eigenvalue weighted by atomic mass is 9.75. The molecule has 0 spiro atoms. The van der Waals surface area contributed by atoms with Crippen LogP contribution in [-0.4, -0.2) is 54.3 Å². The summed E-state index contributed by atoms with van der Waals surface area (Å²) in [7, 11) is 3.12. The van der Waals surface area contributed by atoms with E-state index in [0.29, 0.717) is 30.0 Å². The molecule has 2 fully saturated rings. The molecular weight excluding hydrogens is 516 g/mol. The van der Waals surface area contributed by atoms with Crippen molar-refractivity contribution in [2.24, 2.45) is 5.92 Å². The first-order chi connectivity index (χ1) is 19.6. The lowest BCUT2D eigenvalue weighted by Gasteiger charge is -2.29. The number of urea groups is 1. The van der Waals surface area contributed by atoms with Gasteiger partial charge in [0, 0.05) is 18.0 Å². The van der Waals surface area contributed by atoms with Crippen molar-refractivity contribution < 1.29 is 23.9 Å². The van der Waals surface area contributed by atoms with Gasteiger partial charge in [0.2, 0.25) is 0 Å². The van der Waals surface area contributed by atoms with Crippen LogP contribution in [0.15, 0.2) is 72.8 Å². The maximum atomic E-state index is 14.5. The predicted molar refractivity (Wildman–Crippen MR) is 157 cm³/mol. The highest BCUT2D eigenvalue weighted by Crippen LogP contribution is 2.54. The molecule has 4 atom stereocenters. The summed E-state index contributed by atoms with van der Waals surface area (Å²) >= 11 is 0. The number of carbonyl (C=O) groups excluding carboxylic acids is 3. The average Bonchev–Trinajstić information content (AvgIpc) is 3.45. The summed E-state index contributed by atoms with van der Waals surface area (Å²) in [5, 5.41) is 0. The largest absolute Gasteiger partial charge is 0.493 e. The molecular formula is C34H38N2O5. The van der Waals surface area contributed by atoms with E-state index >= 15 is 0 Å². The van der Waals surface area contributed by atoms with Gasteiger partial charge in [-0.2, -0.15) is 0 Å². The first kappa shape index (κ1) is 28.4. The van der Waals surface area contributed by atoms with Crippen molar-refractivity contribution in [3.63, 3.8) is 0 Å². The standard InChI is InChI=1S/C34H38N2O5/c1-7-19-35-32(38)30-27(23-15-18-25(40-5)26(20-23)41-6)28(31(37)22-11-9-8-10-12-22)29(36(30)33(35)39)21-13-16-24(17-14-21)34(2,3)4/h8-18,20,27-30H,7,19H2,1-6H3. The minimum atomic E-state index is -0.822. The Bertz CT molecular complexity index is 1440. The van der Waals surface area contributed by atoms with Crippen LogP contribution in [0.5, 0.6) is 11.5 Å². The Kier molecular flexibility index (Phi) is 7.64. The molecule has 3 aromatic rings. The van der Waals surface area contributed by atoms with Gasteiger partial charge in [0.05, 0.1) is 26.2 Å². The van der Waals surface area contributed by atoms with E-state index in [1.165, 1.54) is 4.90 Å². The first-order valence-electron chi connectivity index (χ1n) is 14.2. The van der Waals surface area contributed by atoms with Crippen molar-refractivity contribution in [2.45, 2.75) is 57.5 Å². The third-order valence-corrected chi connectivity index (χ3v) is 8.36. The lowest BCUT2D eigenvalue weighted by Crippen LogP contribution is -2.38. The second-order valence-corrected chi connectivity index (χ2v) is 11.8. The first-order valence-corrected chi connectivity index (χ1v) is 14.2. The van der Waals surface area contributed by atoms with Gasteiger partial charge in [-0.05, 0) is 40.7 Å². The van der Waals surface area contributed by atoms with Crippen molar-refractivity contribution in [1.82, 2.24) is 9.80 Å². The zero-order chi connectivity index (χ0) is 29.5. The number of benzene rings is 3. The number of ether oxygens (including phenoxy) is 2. The van der Waals surface area contributed by atoms with Gasteiger partial charge in [-0.15, -0.1) is 0 Å². The van der Waals surface area contributed by atoms with Crippen LogP contribution in [0.1, 0.15) is 73.1 Å². The number of carbonyl (C=O) groups is 3. The Hall–Kier alpha value is -4.13. The van der Waals surface area contributed by atoms with E-state index in [2.05, 4.69) is 32.9 Å². The average molecular weight is 555 g/mol. The molecule has 3 amide bonds. The third-order valence-electron chi connectivity index (χ3n) is 8.36. The topological polar surface area (TPSA) is 76.2 Å². The van der Waals surface area contributed by atoms with Gasteiger partial charge >= 0.3 is 6.03 Å². The Labute approximate surface area is 242 Å². The fourth-order valence-electron chi connectivity index (χ4n) is 6.34. The van der Waals surface area contributed by atoms with Crippen LogP contribution in [0.25, 0.3) is 0 Å². The van der Waals surface area contributed by atoms with E-state index in [9.17, 15) is 14.4 Å². The Morgan fingerprint density at radius 2 is 1.46 bits per heavy atom. The summed E-state index contributed by atoms with van der Waals surface area (Å²) < 4.78 is 11.1. The highest BCUT2D eigenvalue weighted by Gasteiger charge is 2.63. The molecule has 2 aliphatic heterocycles. The number of nitrogens with zero attached hydrogens (tertiary/aromatic N) is 2. The van der Waals surface area contributed by atoms with Gasteiger partial charge in [-0.1, -0.05) is 88.4 Å². The smallest absolute Gasteiger partial charge is 0.328 e. The number of fused-ring (bicyclic) bond motifs is 1. The highest BCUT2D eigenvalue weighted by molar-refractivity contribution is 6.08. The fraction of sp³-hybridized carbons (Fsp3) is 0.382. The van der Waals surface area contributed by atoms with Gasteiger partial charge in [0.1, 0.15) is 6.04 Å². The molecule has 3 aromatic carbocycles. The maximum absolute atomic E-state index is 14.5. The lowest BCUT2D eigenvalue weighted by molar-refractivity contribution is -0.128. The molecule has 7 heteroatoms. The van der Waals surface area contributed by atoms with Crippen LogP contribution < -0.4 is 9.47 Å². The second-order valence-electron chi connectivity index (χ2n) is 11.8. The Balaban J connectivity index is 1.73. The molecule has 0 N–H and O–H groups in total. The number of Topliss-reactive ketones (excluding diaryl/α,β-unsaturated/α-hetero) is 1. The van der Waals surface area contributed by atoms with Crippen molar-refractivity contribution in [1.29, 1.82) is 0 Å². The molecule has 0 aliphatic carbocycles. The SMILES string of the molecule is CCCN1C(=O)C2C(c3ccc(OC)c(OC)c3)C(C(=O)c3ccccc3)C(c3ccc(C(C)(C)C)cc3)N2C1=O. The quantitative estimate of drug-likeness (QED) is 0.239. The van der Waals surface area contributed by atoms with E-state index in [1.54, 1.807) is 37.3 Å². The molecule has 0 saturated carbocycles. The number of methoxy groups -OCH3 is 2. The number of hydrogen-bond donors (Lipinski definition) is 0. The van der Waals surface area contributed by atoms with Crippen LogP contribution in [0.4, 0.5) is 4.79 Å². The summed E-state index contributed by atoms with van der Waals surface area (Å²) in [5.41, 5.74) is 3.22. The van der Waals surface area contributed by atoms with Crippen molar-refractivity contribution in [3.8, 4) is 11.5 Å². The summed E-state index contributed by atoms with van der Waals surface area (Å²) in [6.45, 7) is 8.71. The summed E-state index contributed by atoms with van der Waals surface area (Å²) in [5.74, 6) is -0.607. The fourth-order valence-corrected chi connectivity index (χ4v) is 6.34. The molecule has 2 aliphatic rings. The van der Waals surface area contributed by atoms with Crippen LogP contribution in [-0.2, 0) is 10.2 Å². The van der Waals surface area contributed by atoms with E-state index in [4.69, 9.17) is 9.47 Å². The summed E-state index contributed by atoms with van der Waals surface area (Å²) in [6.07, 6.45) is 0.649. The molecule has 7 nitrogen and oxygen atoms in total. The Morgan fingerprint density at radius 1 is 0.829 bits per heavy atom. The van der Waals surface area contributed by atoms with E-state index in [1.807, 2.05) is 49.4 Å². The minimum absolute atomic E-state index is 0.0600. The Morgan fingerprint density at radius 3 is 2.05 bits per heavy atom. The number of ketones is 1. The normalized spacial score (nSPS) is 22.2. The van der Waals surface area contributed by atoms with E-state index in [0.717, 1.165) is 16.7 Å². The van der Waals surface area contributed by atoms with Gasteiger partial charge in [0.15, 0.2) is 17.3 Å². The molecule has 41 heavy (non-hydrogen) atoms. The molecule has 2 heterocycles. The number of imide groups is 1. The highest BCUT2D eigenvalue weighted by atomic mass is 16.5. The molecule has 214 valence electrons. The number of hydrogen-bond acceptors (Lipinski definition) is 5. The van der Waals surface area contributed by atoms with E-state index < -0.39 is 23.9 Å². The zero-order valence-corrected chi connectivity index (χ0v) is 24.6. The number of rotatable bonds is 8. The molecule has 4 unspecified atom stereocenters. The third kappa shape index (κ3) is 4.88. The van der Waals surface area contributed by atoms with Crippen molar-refractivity contribution in [3.05, 3.63) is 95.1 Å². The van der Waals surface area contributed by atoms with Gasteiger partial charge < -0.3 is 14.4 Å². The van der Waals surface area contributed by atoms with Crippen molar-refractivity contribution >= 4 is 17.7 Å². The summed E-state index contributed by atoms with van der Waals surface area (Å²) in [6, 6.07) is 21.0. The molecule has 0 radical (unpaired) electrons. The predicted octanol–water partition coefficient (Wildman–Crippen LogP) is 6.38. The molecule has 0 bridgehead atoms. The van der Waals surface area contributed by atoms with E-state index in [-0.39, 0.29) is 23.1 Å². The van der Waals surface area contributed by atoms with Gasteiger partial charge in [-0.25, -0.2) is 4.79 Å². The van der Waals surface area contributed by atoms with Crippen molar-refractivity contribution in [2.75, 3.05) is 20.8 Å². The monoisotopic (exact) mass is 554 g/mol. The molecule has 2 saturated heterocycles.